The van der Waals surface area contributed by atoms with Crippen LogP contribution in [0.15, 0.2) is 18.2 Å². The predicted molar refractivity (Wildman–Crippen MR) is 94.6 cm³/mol. The number of amides is 1. The van der Waals surface area contributed by atoms with Crippen LogP contribution in [0.5, 0.6) is 0 Å². The number of rotatable bonds is 6. The summed E-state index contributed by atoms with van der Waals surface area (Å²) in [5.41, 5.74) is 1.01. The molecule has 0 saturated carbocycles. The second kappa shape index (κ2) is 8.88. The second-order valence-corrected chi connectivity index (χ2v) is 7.43. The molecular formula is C17H27Cl2N3O+2. The molecule has 1 aliphatic heterocycles. The molecule has 1 aromatic rings. The van der Waals surface area contributed by atoms with Gasteiger partial charge in [-0.3, -0.25) is 4.79 Å². The van der Waals surface area contributed by atoms with Gasteiger partial charge >= 0.3 is 0 Å². The number of piperidine rings is 1. The lowest BCUT2D eigenvalue weighted by Crippen LogP contribution is -3.18. The van der Waals surface area contributed by atoms with Crippen LogP contribution >= 0.6 is 23.2 Å². The van der Waals surface area contributed by atoms with Gasteiger partial charge in [-0.15, -0.1) is 0 Å². The molecule has 1 fully saturated rings. The standard InChI is InChI=1S/C17H25Cl2N3O/c1-21-9-6-15(7-10-21)22(2)12-17(23)20-8-5-13-3-4-14(18)11-16(13)19/h3-4,11,15H,5-10,12H2,1-2H3,(H,20,23)/p+2. The van der Waals surface area contributed by atoms with E-state index < -0.39 is 0 Å². The van der Waals surface area contributed by atoms with E-state index in [0.29, 0.717) is 29.2 Å². The zero-order valence-electron chi connectivity index (χ0n) is 13.9. The largest absolute Gasteiger partial charge is 0.351 e. The minimum atomic E-state index is 0.110. The van der Waals surface area contributed by atoms with Crippen LogP contribution in [0.3, 0.4) is 0 Å². The minimum absolute atomic E-state index is 0.110. The third-order valence-electron chi connectivity index (χ3n) is 4.71. The molecule has 0 aromatic heterocycles. The van der Waals surface area contributed by atoms with E-state index in [1.165, 1.54) is 30.8 Å². The monoisotopic (exact) mass is 359 g/mol. The number of carbonyl (C=O) groups is 1. The molecule has 0 aliphatic carbocycles. The fourth-order valence-electron chi connectivity index (χ4n) is 3.12. The van der Waals surface area contributed by atoms with E-state index in [-0.39, 0.29) is 5.91 Å². The second-order valence-electron chi connectivity index (χ2n) is 6.59. The van der Waals surface area contributed by atoms with E-state index >= 15 is 0 Å². The average molecular weight is 360 g/mol. The van der Waals surface area contributed by atoms with Crippen LogP contribution in [0.1, 0.15) is 18.4 Å². The maximum Gasteiger partial charge on any atom is 0.275 e. The maximum atomic E-state index is 12.1. The van der Waals surface area contributed by atoms with Crippen molar-refractivity contribution in [3.8, 4) is 0 Å². The molecule has 6 heteroatoms. The Balaban J connectivity index is 1.70. The van der Waals surface area contributed by atoms with Gasteiger partial charge in [-0.2, -0.15) is 0 Å². The summed E-state index contributed by atoms with van der Waals surface area (Å²) in [6.07, 6.45) is 3.12. The van der Waals surface area contributed by atoms with Gasteiger partial charge in [0.25, 0.3) is 5.91 Å². The Hall–Kier alpha value is -0.810. The first kappa shape index (κ1) is 18.5. The van der Waals surface area contributed by atoms with Crippen LogP contribution in [0.25, 0.3) is 0 Å². The fraction of sp³-hybridized carbons (Fsp3) is 0.588. The Labute approximate surface area is 148 Å². The van der Waals surface area contributed by atoms with Crippen molar-refractivity contribution in [1.82, 2.24) is 5.32 Å². The SMILES string of the molecule is C[NH+]1CCC([NH+](C)CC(=O)NCCc2ccc(Cl)cc2Cl)CC1. The maximum absolute atomic E-state index is 12.1. The highest BCUT2D eigenvalue weighted by Crippen LogP contribution is 2.20. The van der Waals surface area contributed by atoms with Gasteiger partial charge in [0.15, 0.2) is 6.54 Å². The van der Waals surface area contributed by atoms with Gasteiger partial charge in [0.2, 0.25) is 0 Å². The van der Waals surface area contributed by atoms with Crippen molar-refractivity contribution in [3.05, 3.63) is 33.8 Å². The van der Waals surface area contributed by atoms with Gasteiger partial charge in [-0.05, 0) is 24.1 Å². The van der Waals surface area contributed by atoms with Crippen LogP contribution in [0.4, 0.5) is 0 Å². The summed E-state index contributed by atoms with van der Waals surface area (Å²) >= 11 is 12.0. The van der Waals surface area contributed by atoms with Crippen LogP contribution in [-0.4, -0.2) is 52.2 Å². The van der Waals surface area contributed by atoms with Crippen molar-refractivity contribution in [2.45, 2.75) is 25.3 Å². The Morgan fingerprint density at radius 2 is 2.04 bits per heavy atom. The number of hydrogen-bond acceptors (Lipinski definition) is 1. The van der Waals surface area contributed by atoms with Crippen molar-refractivity contribution in [1.29, 1.82) is 0 Å². The molecule has 23 heavy (non-hydrogen) atoms. The number of benzene rings is 1. The van der Waals surface area contributed by atoms with E-state index in [2.05, 4.69) is 19.4 Å². The first-order valence-corrected chi connectivity index (χ1v) is 9.05. The van der Waals surface area contributed by atoms with Crippen LogP contribution in [-0.2, 0) is 11.2 Å². The minimum Gasteiger partial charge on any atom is -0.351 e. The molecule has 3 N–H and O–H groups in total. The molecular weight excluding hydrogens is 333 g/mol. The van der Waals surface area contributed by atoms with E-state index in [1.807, 2.05) is 12.1 Å². The molecule has 1 aliphatic rings. The van der Waals surface area contributed by atoms with Gasteiger partial charge in [0.05, 0.1) is 33.2 Å². The molecule has 1 aromatic carbocycles. The van der Waals surface area contributed by atoms with E-state index in [0.717, 1.165) is 12.0 Å². The number of halogens is 2. The molecule has 128 valence electrons. The summed E-state index contributed by atoms with van der Waals surface area (Å²) < 4.78 is 0. The number of likely N-dealkylation sites (tertiary alicyclic amines) is 1. The lowest BCUT2D eigenvalue weighted by atomic mass is 10.0. The molecule has 0 spiro atoms. The molecule has 1 saturated heterocycles. The number of nitrogens with one attached hydrogen (secondary N) is 3. The Bertz CT molecular complexity index is 531. The Morgan fingerprint density at radius 1 is 1.35 bits per heavy atom. The highest BCUT2D eigenvalue weighted by atomic mass is 35.5. The van der Waals surface area contributed by atoms with Crippen molar-refractivity contribution < 1.29 is 14.6 Å². The molecule has 1 atom stereocenters. The van der Waals surface area contributed by atoms with E-state index in [1.54, 1.807) is 11.0 Å². The Morgan fingerprint density at radius 3 is 2.70 bits per heavy atom. The van der Waals surface area contributed by atoms with Gasteiger partial charge in [-0.25, -0.2) is 0 Å². The zero-order valence-corrected chi connectivity index (χ0v) is 15.4. The predicted octanol–water partition coefficient (Wildman–Crippen LogP) is -0.156. The molecule has 1 unspecified atom stereocenters. The number of likely N-dealkylation sites (N-methyl/N-ethyl adjacent to an activating group) is 1. The first-order valence-electron chi connectivity index (χ1n) is 8.30. The van der Waals surface area contributed by atoms with Crippen molar-refractivity contribution in [2.75, 3.05) is 40.3 Å². The number of quaternary nitrogens is 2. The third kappa shape index (κ3) is 5.96. The van der Waals surface area contributed by atoms with Gasteiger partial charge < -0.3 is 15.1 Å². The van der Waals surface area contributed by atoms with Crippen LogP contribution in [0, 0.1) is 0 Å². The highest BCUT2D eigenvalue weighted by Gasteiger charge is 2.27. The number of carbonyl (C=O) groups excluding carboxylic acids is 1. The summed E-state index contributed by atoms with van der Waals surface area (Å²) in [4.78, 5) is 15.0. The number of hydrogen-bond donors (Lipinski definition) is 3. The van der Waals surface area contributed by atoms with Crippen molar-refractivity contribution >= 4 is 29.1 Å². The molecule has 1 amide bonds. The van der Waals surface area contributed by atoms with Crippen LogP contribution in [0.2, 0.25) is 10.0 Å². The van der Waals surface area contributed by atoms with Gasteiger partial charge in [-0.1, -0.05) is 29.3 Å². The summed E-state index contributed by atoms with van der Waals surface area (Å²) in [6, 6.07) is 6.08. The van der Waals surface area contributed by atoms with Crippen molar-refractivity contribution in [2.24, 2.45) is 0 Å². The third-order valence-corrected chi connectivity index (χ3v) is 5.29. The normalized spacial score (nSPS) is 22.6. The van der Waals surface area contributed by atoms with E-state index in [9.17, 15) is 4.79 Å². The molecule has 4 nitrogen and oxygen atoms in total. The lowest BCUT2D eigenvalue weighted by molar-refractivity contribution is -0.935. The van der Waals surface area contributed by atoms with E-state index in [4.69, 9.17) is 23.2 Å². The van der Waals surface area contributed by atoms with Crippen LogP contribution < -0.4 is 15.1 Å². The van der Waals surface area contributed by atoms with Gasteiger partial charge in [0.1, 0.15) is 0 Å². The Kier molecular flexibility index (Phi) is 7.15. The fourth-order valence-corrected chi connectivity index (χ4v) is 3.63. The average Bonchev–Trinajstić information content (AvgIpc) is 2.50. The lowest BCUT2D eigenvalue weighted by Gasteiger charge is -2.30. The molecule has 0 bridgehead atoms. The first-order chi connectivity index (χ1) is 11.0. The summed E-state index contributed by atoms with van der Waals surface area (Å²) in [5.74, 6) is 0.110. The quantitative estimate of drug-likeness (QED) is 0.648. The van der Waals surface area contributed by atoms with Gasteiger partial charge in [0, 0.05) is 29.4 Å². The topological polar surface area (TPSA) is 38.0 Å². The summed E-state index contributed by atoms with van der Waals surface area (Å²) in [6.45, 7) is 3.56. The molecule has 0 radical (unpaired) electrons. The summed E-state index contributed by atoms with van der Waals surface area (Å²) in [7, 11) is 4.36. The highest BCUT2D eigenvalue weighted by molar-refractivity contribution is 6.35. The molecule has 2 rings (SSSR count). The van der Waals surface area contributed by atoms with Crippen molar-refractivity contribution in [3.63, 3.8) is 0 Å². The molecule has 1 heterocycles. The summed E-state index contributed by atoms with van der Waals surface area (Å²) in [5, 5.41) is 4.28. The smallest absolute Gasteiger partial charge is 0.275 e. The zero-order chi connectivity index (χ0) is 16.8.